The summed E-state index contributed by atoms with van der Waals surface area (Å²) in [6.45, 7) is 0. The van der Waals surface area contributed by atoms with Crippen molar-refractivity contribution in [3.63, 3.8) is 0 Å². The number of hydrogen-bond acceptors (Lipinski definition) is 5. The van der Waals surface area contributed by atoms with E-state index in [2.05, 4.69) is 0 Å². The van der Waals surface area contributed by atoms with E-state index in [-0.39, 0.29) is 0 Å². The van der Waals surface area contributed by atoms with Crippen molar-refractivity contribution < 1.29 is 35.1 Å². The van der Waals surface area contributed by atoms with Crippen LogP contribution in [0.1, 0.15) is 20.7 Å². The molecule has 0 radical (unpaired) electrons. The van der Waals surface area contributed by atoms with Gasteiger partial charge in [0.2, 0.25) is 0 Å². The van der Waals surface area contributed by atoms with E-state index in [1.807, 2.05) is 0 Å². The van der Waals surface area contributed by atoms with E-state index >= 15 is 0 Å². The van der Waals surface area contributed by atoms with Gasteiger partial charge in [-0.05, 0) is 0 Å². The highest BCUT2D eigenvalue weighted by molar-refractivity contribution is 6.01. The van der Waals surface area contributed by atoms with Gasteiger partial charge >= 0.3 is 11.9 Å². The van der Waals surface area contributed by atoms with Crippen molar-refractivity contribution in [2.45, 2.75) is 0 Å². The van der Waals surface area contributed by atoms with Crippen LogP contribution in [0.15, 0.2) is 6.07 Å². The zero-order chi connectivity index (χ0) is 11.7. The Bertz CT molecular complexity index is 449. The molecular formula is C8H6O7. The topological polar surface area (TPSA) is 135 Å². The molecule has 15 heavy (non-hydrogen) atoms. The molecule has 0 amide bonds. The molecule has 80 valence electrons. The molecule has 0 bridgehead atoms. The zero-order valence-corrected chi connectivity index (χ0v) is 7.13. The summed E-state index contributed by atoms with van der Waals surface area (Å²) in [4.78, 5) is 21.1. The molecule has 0 heterocycles. The van der Waals surface area contributed by atoms with Gasteiger partial charge in [0, 0.05) is 6.07 Å². The molecule has 0 saturated carbocycles. The first-order valence-corrected chi connectivity index (χ1v) is 3.60. The molecule has 0 aromatic heterocycles. The van der Waals surface area contributed by atoms with E-state index < -0.39 is 40.3 Å². The van der Waals surface area contributed by atoms with Crippen LogP contribution in [-0.4, -0.2) is 37.5 Å². The van der Waals surface area contributed by atoms with Crippen LogP contribution in [0.2, 0.25) is 0 Å². The van der Waals surface area contributed by atoms with Crippen LogP contribution in [-0.2, 0) is 0 Å². The Morgan fingerprint density at radius 2 is 1.47 bits per heavy atom. The monoisotopic (exact) mass is 214 g/mol. The largest absolute Gasteiger partial charge is 0.506 e. The molecular weight excluding hydrogens is 208 g/mol. The number of carboxylic acids is 2. The fourth-order valence-corrected chi connectivity index (χ4v) is 1.01. The van der Waals surface area contributed by atoms with Gasteiger partial charge in [-0.15, -0.1) is 0 Å². The average molecular weight is 214 g/mol. The summed E-state index contributed by atoms with van der Waals surface area (Å²) in [6, 6.07) is 0.555. The lowest BCUT2D eigenvalue weighted by Gasteiger charge is -2.07. The number of carbonyl (C=O) groups is 2. The molecule has 0 aliphatic carbocycles. The molecule has 1 rings (SSSR count). The molecule has 0 aliphatic rings. The van der Waals surface area contributed by atoms with Gasteiger partial charge in [-0.2, -0.15) is 0 Å². The third-order valence-corrected chi connectivity index (χ3v) is 1.70. The van der Waals surface area contributed by atoms with Crippen LogP contribution >= 0.6 is 0 Å². The smallest absolute Gasteiger partial charge is 0.343 e. The molecule has 7 nitrogen and oxygen atoms in total. The standard InChI is InChI=1S/C8H6O7/c9-3-1-2(7(12)13)5(10)4(6(3)11)8(14)15/h1,9-11H,(H,12,13)(H,14,15). The molecule has 5 N–H and O–H groups in total. The molecule has 0 atom stereocenters. The number of carboxylic acid groups (broad SMARTS) is 2. The first-order valence-electron chi connectivity index (χ1n) is 3.60. The summed E-state index contributed by atoms with van der Waals surface area (Å²) >= 11 is 0. The summed E-state index contributed by atoms with van der Waals surface area (Å²) in [5, 5.41) is 44.4. The van der Waals surface area contributed by atoms with E-state index in [0.717, 1.165) is 0 Å². The number of phenols is 3. The van der Waals surface area contributed by atoms with E-state index in [9.17, 15) is 14.7 Å². The summed E-state index contributed by atoms with van der Waals surface area (Å²) in [6.07, 6.45) is 0. The fourth-order valence-electron chi connectivity index (χ4n) is 1.01. The Kier molecular flexibility index (Phi) is 2.39. The quantitative estimate of drug-likeness (QED) is 0.350. The number of hydrogen-bond donors (Lipinski definition) is 5. The number of benzene rings is 1. The lowest BCUT2D eigenvalue weighted by Crippen LogP contribution is -2.04. The molecule has 0 spiro atoms. The van der Waals surface area contributed by atoms with E-state index in [1.165, 1.54) is 0 Å². The second-order valence-corrected chi connectivity index (χ2v) is 2.63. The Morgan fingerprint density at radius 3 is 1.87 bits per heavy atom. The average Bonchev–Trinajstić information content (AvgIpc) is 2.10. The summed E-state index contributed by atoms with van der Waals surface area (Å²) in [7, 11) is 0. The van der Waals surface area contributed by atoms with Crippen LogP contribution in [0, 0.1) is 0 Å². The van der Waals surface area contributed by atoms with E-state index in [1.54, 1.807) is 0 Å². The molecule has 0 saturated heterocycles. The summed E-state index contributed by atoms with van der Waals surface area (Å²) in [5.74, 6) is -6.48. The van der Waals surface area contributed by atoms with Crippen molar-refractivity contribution in [3.8, 4) is 17.2 Å². The first-order chi connectivity index (χ1) is 6.86. The highest BCUT2D eigenvalue weighted by Gasteiger charge is 2.25. The van der Waals surface area contributed by atoms with Crippen molar-refractivity contribution in [1.82, 2.24) is 0 Å². The highest BCUT2D eigenvalue weighted by atomic mass is 16.4. The van der Waals surface area contributed by atoms with Gasteiger partial charge in [0.15, 0.2) is 11.5 Å². The van der Waals surface area contributed by atoms with Crippen LogP contribution in [0.3, 0.4) is 0 Å². The van der Waals surface area contributed by atoms with Crippen LogP contribution in [0.4, 0.5) is 0 Å². The third kappa shape index (κ3) is 1.62. The maximum Gasteiger partial charge on any atom is 0.343 e. The number of aromatic carboxylic acids is 2. The summed E-state index contributed by atoms with van der Waals surface area (Å²) < 4.78 is 0. The summed E-state index contributed by atoms with van der Waals surface area (Å²) in [5.41, 5.74) is -1.85. The molecule has 0 unspecified atom stereocenters. The molecule has 1 aromatic rings. The number of aromatic hydroxyl groups is 3. The van der Waals surface area contributed by atoms with E-state index in [4.69, 9.17) is 20.4 Å². The van der Waals surface area contributed by atoms with Crippen LogP contribution in [0.5, 0.6) is 17.2 Å². The first kappa shape index (κ1) is 10.6. The number of phenolic OH excluding ortho intramolecular Hbond substituents is 1. The normalized spacial score (nSPS) is 9.87. The second kappa shape index (κ2) is 3.37. The Labute approximate surface area is 82.5 Å². The highest BCUT2D eigenvalue weighted by Crippen LogP contribution is 2.38. The van der Waals surface area contributed by atoms with Crippen LogP contribution in [0.25, 0.3) is 0 Å². The minimum atomic E-state index is -1.75. The Balaban J connectivity index is 3.63. The Hall–Kier alpha value is -2.44. The predicted molar refractivity (Wildman–Crippen MR) is 45.4 cm³/mol. The van der Waals surface area contributed by atoms with Crippen molar-refractivity contribution in [1.29, 1.82) is 0 Å². The molecule has 1 aromatic carbocycles. The minimum Gasteiger partial charge on any atom is -0.506 e. The van der Waals surface area contributed by atoms with E-state index in [0.29, 0.717) is 6.07 Å². The maximum atomic E-state index is 10.5. The van der Waals surface area contributed by atoms with Crippen molar-refractivity contribution in [3.05, 3.63) is 17.2 Å². The van der Waals surface area contributed by atoms with Crippen molar-refractivity contribution in [2.24, 2.45) is 0 Å². The lowest BCUT2D eigenvalue weighted by molar-refractivity contribution is 0.0688. The van der Waals surface area contributed by atoms with Gasteiger partial charge in [0.05, 0.1) is 0 Å². The third-order valence-electron chi connectivity index (χ3n) is 1.70. The Morgan fingerprint density at radius 1 is 0.933 bits per heavy atom. The molecule has 7 heteroatoms. The van der Waals surface area contributed by atoms with Gasteiger partial charge < -0.3 is 25.5 Å². The van der Waals surface area contributed by atoms with Crippen molar-refractivity contribution in [2.75, 3.05) is 0 Å². The molecule has 0 aliphatic heterocycles. The van der Waals surface area contributed by atoms with Gasteiger partial charge in [0.1, 0.15) is 16.9 Å². The van der Waals surface area contributed by atoms with Gasteiger partial charge in [-0.25, -0.2) is 9.59 Å². The zero-order valence-electron chi connectivity index (χ0n) is 7.13. The minimum absolute atomic E-state index is 0.555. The fraction of sp³-hybridized carbons (Fsp3) is 0. The predicted octanol–water partition coefficient (Wildman–Crippen LogP) is 0.200. The van der Waals surface area contributed by atoms with Crippen molar-refractivity contribution >= 4 is 11.9 Å². The second-order valence-electron chi connectivity index (χ2n) is 2.63. The number of rotatable bonds is 2. The van der Waals surface area contributed by atoms with Gasteiger partial charge in [0.25, 0.3) is 0 Å². The van der Waals surface area contributed by atoms with Crippen LogP contribution < -0.4 is 0 Å². The lowest BCUT2D eigenvalue weighted by atomic mass is 10.1. The van der Waals surface area contributed by atoms with Gasteiger partial charge in [-0.1, -0.05) is 0 Å². The SMILES string of the molecule is O=C(O)c1cc(O)c(O)c(C(=O)O)c1O. The molecule has 0 fully saturated rings. The van der Waals surface area contributed by atoms with Gasteiger partial charge in [-0.3, -0.25) is 0 Å². The maximum absolute atomic E-state index is 10.5.